The van der Waals surface area contributed by atoms with Crippen LogP contribution in [-0.4, -0.2) is 25.0 Å². The lowest BCUT2D eigenvalue weighted by atomic mass is 10.1. The zero-order valence-corrected chi connectivity index (χ0v) is 17.8. The minimum absolute atomic E-state index is 0.248. The summed E-state index contributed by atoms with van der Waals surface area (Å²) in [5, 5.41) is 5.66. The van der Waals surface area contributed by atoms with Crippen molar-refractivity contribution in [1.29, 1.82) is 0 Å². The molecule has 31 heavy (non-hydrogen) atoms. The average molecular weight is 418 g/mol. The minimum atomic E-state index is -0.695. The lowest BCUT2D eigenvalue weighted by molar-refractivity contribution is -0.122. The number of carbonyl (C=O) groups excluding carboxylic acids is 2. The highest BCUT2D eigenvalue weighted by Gasteiger charge is 2.16. The van der Waals surface area contributed by atoms with Crippen molar-refractivity contribution in [3.8, 4) is 11.5 Å². The van der Waals surface area contributed by atoms with Crippen LogP contribution in [0.5, 0.6) is 11.5 Å². The van der Waals surface area contributed by atoms with Gasteiger partial charge in [-0.05, 0) is 67.4 Å². The molecular weight excluding hydrogens is 392 g/mol. The normalized spacial score (nSPS) is 11.3. The first-order valence-electron chi connectivity index (χ1n) is 10.1. The van der Waals surface area contributed by atoms with Gasteiger partial charge in [0, 0.05) is 11.3 Å². The second-order valence-electron chi connectivity index (χ2n) is 6.98. The van der Waals surface area contributed by atoms with Crippen LogP contribution >= 0.6 is 0 Å². The van der Waals surface area contributed by atoms with Gasteiger partial charge in [-0.25, -0.2) is 0 Å². The van der Waals surface area contributed by atoms with E-state index in [1.807, 2.05) is 36.4 Å². The summed E-state index contributed by atoms with van der Waals surface area (Å²) in [5.74, 6) is 0.567. The van der Waals surface area contributed by atoms with Crippen LogP contribution in [0.3, 0.4) is 0 Å². The van der Waals surface area contributed by atoms with Gasteiger partial charge in [0.1, 0.15) is 11.5 Å². The molecule has 3 rings (SSSR count). The van der Waals surface area contributed by atoms with Gasteiger partial charge < -0.3 is 20.1 Å². The Morgan fingerprint density at radius 2 is 1.58 bits per heavy atom. The van der Waals surface area contributed by atoms with Crippen LogP contribution in [0.4, 0.5) is 11.4 Å². The molecule has 0 spiro atoms. The van der Waals surface area contributed by atoms with Crippen molar-refractivity contribution in [1.82, 2.24) is 0 Å². The molecule has 0 fully saturated rings. The molecule has 2 amide bonds. The van der Waals surface area contributed by atoms with Crippen molar-refractivity contribution in [2.24, 2.45) is 0 Å². The predicted molar refractivity (Wildman–Crippen MR) is 122 cm³/mol. The Balaban J connectivity index is 1.57. The van der Waals surface area contributed by atoms with E-state index in [1.54, 1.807) is 50.4 Å². The summed E-state index contributed by atoms with van der Waals surface area (Å²) >= 11 is 0. The Hall–Kier alpha value is -3.80. The Kier molecular flexibility index (Phi) is 7.27. The average Bonchev–Trinajstić information content (AvgIpc) is 2.80. The summed E-state index contributed by atoms with van der Waals surface area (Å²) in [6.07, 6.45) is 0.250. The molecule has 0 unspecified atom stereocenters. The fourth-order valence-electron chi connectivity index (χ4n) is 2.95. The first-order valence-corrected chi connectivity index (χ1v) is 10.1. The fourth-order valence-corrected chi connectivity index (χ4v) is 2.95. The summed E-state index contributed by atoms with van der Waals surface area (Å²) in [5.41, 5.74) is 2.98. The SMILES string of the molecule is CCc1ccc(NC(=O)[C@@H](C)Oc2ccc(C(=O)Nc3ccccc3OC)cc2)cc1. The van der Waals surface area contributed by atoms with Gasteiger partial charge in [-0.1, -0.05) is 31.2 Å². The van der Waals surface area contributed by atoms with E-state index in [0.29, 0.717) is 22.7 Å². The highest BCUT2D eigenvalue weighted by Crippen LogP contribution is 2.24. The summed E-state index contributed by atoms with van der Waals surface area (Å²) < 4.78 is 11.0. The molecule has 2 N–H and O–H groups in total. The van der Waals surface area contributed by atoms with Gasteiger partial charge in [0.15, 0.2) is 6.10 Å². The number of benzene rings is 3. The molecule has 1 atom stereocenters. The molecular formula is C25H26N2O4. The topological polar surface area (TPSA) is 76.7 Å². The molecule has 0 radical (unpaired) electrons. The molecule has 0 aliphatic carbocycles. The second kappa shape index (κ2) is 10.3. The largest absolute Gasteiger partial charge is 0.495 e. The van der Waals surface area contributed by atoms with E-state index in [9.17, 15) is 9.59 Å². The third kappa shape index (κ3) is 5.85. The molecule has 0 aromatic heterocycles. The fraction of sp³-hybridized carbons (Fsp3) is 0.200. The van der Waals surface area contributed by atoms with E-state index >= 15 is 0 Å². The number of carbonyl (C=O) groups is 2. The predicted octanol–water partition coefficient (Wildman–Crippen LogP) is 4.92. The Morgan fingerprint density at radius 3 is 2.23 bits per heavy atom. The molecule has 6 heteroatoms. The number of hydrogen-bond donors (Lipinski definition) is 2. The summed E-state index contributed by atoms with van der Waals surface area (Å²) in [7, 11) is 1.55. The smallest absolute Gasteiger partial charge is 0.265 e. The number of hydrogen-bond acceptors (Lipinski definition) is 4. The molecule has 0 aliphatic heterocycles. The van der Waals surface area contributed by atoms with E-state index in [-0.39, 0.29) is 11.8 Å². The zero-order valence-electron chi connectivity index (χ0n) is 17.8. The maximum absolute atomic E-state index is 12.5. The first kappa shape index (κ1) is 21.9. The van der Waals surface area contributed by atoms with Gasteiger partial charge in [-0.2, -0.15) is 0 Å². The van der Waals surface area contributed by atoms with Gasteiger partial charge in [0.05, 0.1) is 12.8 Å². The van der Waals surface area contributed by atoms with Crippen LogP contribution in [-0.2, 0) is 11.2 Å². The van der Waals surface area contributed by atoms with E-state index in [1.165, 1.54) is 5.56 Å². The molecule has 0 saturated carbocycles. The molecule has 0 heterocycles. The van der Waals surface area contributed by atoms with E-state index < -0.39 is 6.10 Å². The molecule has 0 saturated heterocycles. The van der Waals surface area contributed by atoms with Crippen molar-refractivity contribution in [3.63, 3.8) is 0 Å². The number of ether oxygens (including phenoxy) is 2. The number of anilines is 2. The molecule has 0 aliphatic rings. The quantitative estimate of drug-likeness (QED) is 0.545. The van der Waals surface area contributed by atoms with Crippen LogP contribution in [0, 0.1) is 0 Å². The van der Waals surface area contributed by atoms with Crippen molar-refractivity contribution in [3.05, 3.63) is 83.9 Å². The van der Waals surface area contributed by atoms with Crippen LogP contribution in [0.25, 0.3) is 0 Å². The van der Waals surface area contributed by atoms with E-state index in [4.69, 9.17) is 9.47 Å². The van der Waals surface area contributed by atoms with Crippen molar-refractivity contribution in [2.45, 2.75) is 26.4 Å². The Bertz CT molecular complexity index is 1030. The van der Waals surface area contributed by atoms with Crippen LogP contribution in [0.1, 0.15) is 29.8 Å². The van der Waals surface area contributed by atoms with Crippen molar-refractivity contribution in [2.75, 3.05) is 17.7 Å². The molecule has 0 bridgehead atoms. The monoisotopic (exact) mass is 418 g/mol. The third-order valence-corrected chi connectivity index (χ3v) is 4.78. The maximum Gasteiger partial charge on any atom is 0.265 e. The van der Waals surface area contributed by atoms with Gasteiger partial charge in [-0.15, -0.1) is 0 Å². The number of nitrogens with one attached hydrogen (secondary N) is 2. The summed E-state index contributed by atoms with van der Waals surface area (Å²) in [6, 6.07) is 21.5. The molecule has 3 aromatic carbocycles. The number of para-hydroxylation sites is 2. The molecule has 6 nitrogen and oxygen atoms in total. The van der Waals surface area contributed by atoms with Crippen LogP contribution < -0.4 is 20.1 Å². The molecule has 3 aromatic rings. The summed E-state index contributed by atoms with van der Waals surface area (Å²) in [6.45, 7) is 3.76. The van der Waals surface area contributed by atoms with E-state index in [0.717, 1.165) is 12.1 Å². The van der Waals surface area contributed by atoms with Gasteiger partial charge in [0.2, 0.25) is 0 Å². The lowest BCUT2D eigenvalue weighted by Gasteiger charge is -2.15. The van der Waals surface area contributed by atoms with Gasteiger partial charge in [0.25, 0.3) is 11.8 Å². The van der Waals surface area contributed by atoms with Crippen LogP contribution in [0.2, 0.25) is 0 Å². The van der Waals surface area contributed by atoms with E-state index in [2.05, 4.69) is 17.6 Å². The minimum Gasteiger partial charge on any atom is -0.495 e. The van der Waals surface area contributed by atoms with Gasteiger partial charge in [-0.3, -0.25) is 9.59 Å². The van der Waals surface area contributed by atoms with Gasteiger partial charge >= 0.3 is 0 Å². The number of amides is 2. The Labute approximate surface area is 182 Å². The van der Waals surface area contributed by atoms with Crippen molar-refractivity contribution >= 4 is 23.2 Å². The van der Waals surface area contributed by atoms with Crippen molar-refractivity contribution < 1.29 is 19.1 Å². The number of aryl methyl sites for hydroxylation is 1. The number of rotatable bonds is 8. The molecule has 160 valence electrons. The standard InChI is InChI=1S/C25H26N2O4/c1-4-18-9-13-20(14-10-18)26-24(28)17(2)31-21-15-11-19(12-16-21)25(29)27-22-7-5-6-8-23(22)30-3/h5-17H,4H2,1-3H3,(H,26,28)(H,27,29)/t17-/m1/s1. The highest BCUT2D eigenvalue weighted by molar-refractivity contribution is 6.05. The Morgan fingerprint density at radius 1 is 0.903 bits per heavy atom. The first-order chi connectivity index (χ1) is 15.0. The second-order valence-corrected chi connectivity index (χ2v) is 6.98. The van der Waals surface area contributed by atoms with Crippen LogP contribution in [0.15, 0.2) is 72.8 Å². The zero-order chi connectivity index (χ0) is 22.2. The maximum atomic E-state index is 12.5. The lowest BCUT2D eigenvalue weighted by Crippen LogP contribution is -2.30. The highest BCUT2D eigenvalue weighted by atomic mass is 16.5. The number of methoxy groups -OCH3 is 1. The summed E-state index contributed by atoms with van der Waals surface area (Å²) in [4.78, 5) is 24.9. The third-order valence-electron chi connectivity index (χ3n) is 4.78.